The van der Waals surface area contributed by atoms with Gasteiger partial charge in [0.2, 0.25) is 5.78 Å². The summed E-state index contributed by atoms with van der Waals surface area (Å²) in [7, 11) is 0. The molecular weight excluding hydrogens is 522 g/mol. The Morgan fingerprint density at radius 1 is 0.800 bits per heavy atom. The highest BCUT2D eigenvalue weighted by Crippen LogP contribution is 2.30. The van der Waals surface area contributed by atoms with E-state index >= 15 is 0 Å². The molecule has 0 aromatic heterocycles. The summed E-state index contributed by atoms with van der Waals surface area (Å²) in [6.07, 6.45) is 0. The minimum Gasteiger partial charge on any atom is -0.491 e. The maximum Gasteiger partial charge on any atom is 0.365 e. The van der Waals surface area contributed by atoms with Crippen LogP contribution in [0.3, 0.4) is 0 Å². The first kappa shape index (κ1) is 38.7. The number of carbonyl (C=O) groups excluding carboxylic acids is 2. The lowest BCUT2D eigenvalue weighted by atomic mass is 10.0. The van der Waals surface area contributed by atoms with Crippen molar-refractivity contribution in [2.75, 3.05) is 13.2 Å². The number of aliphatic hydroxyl groups is 1. The molecule has 220 valence electrons. The first-order chi connectivity index (χ1) is 19.5. The van der Waals surface area contributed by atoms with Crippen molar-refractivity contribution in [2.45, 2.75) is 79.0 Å². The summed E-state index contributed by atoms with van der Waals surface area (Å²) in [5.74, 6) is -0.220. The first-order valence-corrected chi connectivity index (χ1v) is 14.8. The minimum absolute atomic E-state index is 0.0273. The fourth-order valence-electron chi connectivity index (χ4n) is 2.83. The number of aryl methyl sites for hydroxylation is 1. The van der Waals surface area contributed by atoms with E-state index < -0.39 is 5.97 Å². The number of hydrogen-bond acceptors (Lipinski definition) is 7. The monoisotopic (exact) mass is 569 g/mol. The lowest BCUT2D eigenvalue weighted by Crippen LogP contribution is -2.14. The fourth-order valence-corrected chi connectivity index (χ4v) is 3.75. The summed E-state index contributed by atoms with van der Waals surface area (Å²) < 4.78 is 5.36. The van der Waals surface area contributed by atoms with Gasteiger partial charge in [0.1, 0.15) is 18.1 Å². The Bertz CT molecular complexity index is 1110. The molecule has 0 aliphatic rings. The Labute approximate surface area is 245 Å². The molecule has 0 spiro atoms. The number of carbonyl (C=O) groups is 2. The van der Waals surface area contributed by atoms with E-state index in [1.807, 2.05) is 98.7 Å². The molecule has 0 saturated heterocycles. The Hall–Kier alpha value is -3.42. The topological polar surface area (TPSA) is 85.2 Å². The molecule has 0 amide bonds. The van der Waals surface area contributed by atoms with E-state index in [1.54, 1.807) is 48.2 Å². The van der Waals surface area contributed by atoms with Crippen LogP contribution in [0.5, 0.6) is 5.75 Å². The quantitative estimate of drug-likeness (QED) is 0.120. The van der Waals surface area contributed by atoms with Gasteiger partial charge in [-0.15, -0.1) is 0 Å². The molecule has 0 aliphatic carbocycles. The molecule has 1 N–H and O–H groups in total. The Balaban J connectivity index is 0. The average molecular weight is 570 g/mol. The summed E-state index contributed by atoms with van der Waals surface area (Å²) in [5.41, 5.74) is 1.75. The molecule has 7 heteroatoms. The van der Waals surface area contributed by atoms with Crippen LogP contribution in [0, 0.1) is 6.92 Å². The van der Waals surface area contributed by atoms with E-state index in [0.29, 0.717) is 16.9 Å². The molecule has 0 radical (unpaired) electrons. The molecule has 0 atom stereocenters. The molecule has 40 heavy (non-hydrogen) atoms. The highest BCUT2D eigenvalue weighted by atomic mass is 32.2. The third-order valence-electron chi connectivity index (χ3n) is 4.47. The predicted molar refractivity (Wildman–Crippen MR) is 169 cm³/mol. The van der Waals surface area contributed by atoms with Crippen LogP contribution in [-0.2, 0) is 4.84 Å². The lowest BCUT2D eigenvalue weighted by molar-refractivity contribution is 0.0515. The lowest BCUT2D eigenvalue weighted by Gasteiger charge is -2.09. The summed E-state index contributed by atoms with van der Waals surface area (Å²) >= 11 is 1.56. The van der Waals surface area contributed by atoms with E-state index in [-0.39, 0.29) is 24.7 Å². The van der Waals surface area contributed by atoms with Gasteiger partial charge in [-0.25, -0.2) is 4.79 Å². The van der Waals surface area contributed by atoms with Gasteiger partial charge in [0, 0.05) is 15.4 Å². The van der Waals surface area contributed by atoms with E-state index in [0.717, 1.165) is 15.4 Å². The van der Waals surface area contributed by atoms with Crippen molar-refractivity contribution in [3.05, 3.63) is 89.5 Å². The Morgan fingerprint density at radius 2 is 1.35 bits per heavy atom. The van der Waals surface area contributed by atoms with E-state index in [9.17, 15) is 9.59 Å². The standard InChI is InChI=1S/C25H23NO5S.4C2H6/c1-17-16-22(32-21-10-8-20(9-11-21)30-15-14-27)12-13-23(17)24(28)18(2)26-31-25(29)19-6-4-3-5-7-19;4*1-2/h3-13,16,27H,14-15H2,1-2H3;4*1-2H3/b26-18+;;;;. The minimum atomic E-state index is -0.617. The van der Waals surface area contributed by atoms with Crippen molar-refractivity contribution in [3.63, 3.8) is 0 Å². The molecule has 0 unspecified atom stereocenters. The SMILES string of the molecule is C/C(=N\OC(=O)c1ccccc1)C(=O)c1ccc(Sc2ccc(OCCO)cc2)cc1C.CC.CC.CC.CC. The van der Waals surface area contributed by atoms with Crippen LogP contribution < -0.4 is 4.74 Å². The molecule has 0 fully saturated rings. The molecule has 6 nitrogen and oxygen atoms in total. The molecule has 3 aromatic rings. The van der Waals surface area contributed by atoms with Gasteiger partial charge in [0.05, 0.1) is 12.2 Å². The number of ketones is 1. The highest BCUT2D eigenvalue weighted by Gasteiger charge is 2.15. The van der Waals surface area contributed by atoms with Gasteiger partial charge >= 0.3 is 5.97 Å². The van der Waals surface area contributed by atoms with Crippen LogP contribution in [0.4, 0.5) is 0 Å². The molecule has 0 aliphatic heterocycles. The van der Waals surface area contributed by atoms with Crippen molar-refractivity contribution in [3.8, 4) is 5.75 Å². The average Bonchev–Trinajstić information content (AvgIpc) is 3.03. The summed E-state index contributed by atoms with van der Waals surface area (Å²) in [4.78, 5) is 31.7. The van der Waals surface area contributed by atoms with Crippen molar-refractivity contribution in [2.24, 2.45) is 5.16 Å². The van der Waals surface area contributed by atoms with Crippen LogP contribution in [0.15, 0.2) is 87.7 Å². The van der Waals surface area contributed by atoms with Crippen LogP contribution >= 0.6 is 11.8 Å². The van der Waals surface area contributed by atoms with Crippen molar-refractivity contribution >= 4 is 29.2 Å². The van der Waals surface area contributed by atoms with Crippen LogP contribution in [-0.4, -0.2) is 35.8 Å². The van der Waals surface area contributed by atoms with Gasteiger partial charge < -0.3 is 14.7 Å². The van der Waals surface area contributed by atoms with Crippen LogP contribution in [0.1, 0.15) is 88.6 Å². The Kier molecular flexibility index (Phi) is 23.8. The normalized spacial score (nSPS) is 9.53. The second-order valence-corrected chi connectivity index (χ2v) is 8.02. The summed E-state index contributed by atoms with van der Waals surface area (Å²) in [6, 6.07) is 21.6. The largest absolute Gasteiger partial charge is 0.491 e. The first-order valence-electron chi connectivity index (χ1n) is 14.0. The zero-order chi connectivity index (χ0) is 30.9. The zero-order valence-electron chi connectivity index (χ0n) is 25.8. The van der Waals surface area contributed by atoms with Crippen molar-refractivity contribution in [1.29, 1.82) is 0 Å². The molecule has 0 heterocycles. The fraction of sp³-hybridized carbons (Fsp3) is 0.364. The third kappa shape index (κ3) is 14.1. The van der Waals surface area contributed by atoms with Gasteiger partial charge in [-0.2, -0.15) is 0 Å². The van der Waals surface area contributed by atoms with Gasteiger partial charge in [0.15, 0.2) is 0 Å². The predicted octanol–water partition coefficient (Wildman–Crippen LogP) is 9.04. The van der Waals surface area contributed by atoms with E-state index in [2.05, 4.69) is 5.16 Å². The smallest absolute Gasteiger partial charge is 0.365 e. The van der Waals surface area contributed by atoms with Crippen molar-refractivity contribution < 1.29 is 24.3 Å². The molecule has 0 bridgehead atoms. The molecule has 0 saturated carbocycles. The van der Waals surface area contributed by atoms with Crippen LogP contribution in [0.2, 0.25) is 0 Å². The third-order valence-corrected chi connectivity index (χ3v) is 5.46. The molecule has 3 aromatic carbocycles. The van der Waals surface area contributed by atoms with Gasteiger partial charge in [-0.1, -0.05) is 90.5 Å². The second kappa shape index (κ2) is 24.6. The number of oxime groups is 1. The van der Waals surface area contributed by atoms with E-state index in [4.69, 9.17) is 14.7 Å². The second-order valence-electron chi connectivity index (χ2n) is 6.87. The number of Topliss-reactive ketones (excluding diaryl/α,β-unsaturated/α-hetero) is 1. The van der Waals surface area contributed by atoms with Gasteiger partial charge in [0.25, 0.3) is 0 Å². The Morgan fingerprint density at radius 3 is 1.88 bits per heavy atom. The van der Waals surface area contributed by atoms with Crippen molar-refractivity contribution in [1.82, 2.24) is 0 Å². The number of benzene rings is 3. The molecular formula is C33H47NO5S. The number of rotatable bonds is 9. The maximum absolute atomic E-state index is 12.7. The summed E-state index contributed by atoms with van der Waals surface area (Å²) in [5, 5.41) is 12.5. The van der Waals surface area contributed by atoms with Gasteiger partial charge in [-0.05, 0) is 74.0 Å². The number of aliphatic hydroxyl groups excluding tert-OH is 1. The zero-order valence-corrected chi connectivity index (χ0v) is 26.6. The summed E-state index contributed by atoms with van der Waals surface area (Å²) in [6.45, 7) is 19.6. The highest BCUT2D eigenvalue weighted by molar-refractivity contribution is 7.99. The van der Waals surface area contributed by atoms with Gasteiger partial charge in [-0.3, -0.25) is 4.79 Å². The number of nitrogens with zero attached hydrogens (tertiary/aromatic N) is 1. The van der Waals surface area contributed by atoms with Crippen LogP contribution in [0.25, 0.3) is 0 Å². The number of hydrogen-bond donors (Lipinski definition) is 1. The maximum atomic E-state index is 12.7. The van der Waals surface area contributed by atoms with E-state index in [1.165, 1.54) is 6.92 Å². The number of ether oxygens (including phenoxy) is 1. The molecule has 3 rings (SSSR count).